The Morgan fingerprint density at radius 3 is 0.835 bits per heavy atom. The van der Waals surface area contributed by atoms with Gasteiger partial charge in [0.1, 0.15) is 0 Å². The summed E-state index contributed by atoms with van der Waals surface area (Å²) in [6.07, 6.45) is 72.8. The van der Waals surface area contributed by atoms with Gasteiger partial charge in [0, 0.05) is 0 Å². The summed E-state index contributed by atoms with van der Waals surface area (Å²) >= 11 is 0. The van der Waals surface area contributed by atoms with Crippen molar-refractivity contribution >= 4 is 0 Å². The molecule has 0 aromatic heterocycles. The molecule has 0 nitrogen and oxygen atoms in total. The largest absolute Gasteiger partial charge is 0.0654 e. The van der Waals surface area contributed by atoms with Crippen LogP contribution in [0.4, 0.5) is 0 Å². The maximum absolute atomic E-state index is 2.63. The van der Waals surface area contributed by atoms with Crippen LogP contribution in [0.25, 0.3) is 0 Å². The van der Waals surface area contributed by atoms with E-state index in [2.05, 4.69) is 62.3 Å². The molecule has 7 atom stereocenters. The Balaban J connectivity index is 0.984. The maximum atomic E-state index is 2.63. The Labute approximate surface area is 497 Å². The molecule has 0 heteroatoms. The summed E-state index contributed by atoms with van der Waals surface area (Å²) in [6, 6.07) is 0. The van der Waals surface area contributed by atoms with Gasteiger partial charge in [-0.15, -0.1) is 0 Å². The molecule has 460 valence electrons. The lowest BCUT2D eigenvalue weighted by atomic mass is 9.58. The molecule has 8 fully saturated rings. The van der Waals surface area contributed by atoms with Crippen LogP contribution in [0.1, 0.15) is 364 Å². The van der Waals surface area contributed by atoms with Crippen LogP contribution in [0.2, 0.25) is 0 Å². The van der Waals surface area contributed by atoms with Gasteiger partial charge in [0.25, 0.3) is 0 Å². The fraction of sp³-hybridized carbons (Fsp3) is 1.00. The highest BCUT2D eigenvalue weighted by molar-refractivity contribution is 4.95. The fourth-order valence-electron chi connectivity index (χ4n) is 23.3. The molecule has 79 heavy (non-hydrogen) atoms. The molecule has 0 aromatic carbocycles. The Bertz CT molecular complexity index is 1530. The molecule has 8 rings (SSSR count). The van der Waals surface area contributed by atoms with Gasteiger partial charge in [-0.2, -0.15) is 0 Å². The van der Waals surface area contributed by atoms with E-state index < -0.39 is 0 Å². The molecule has 0 saturated heterocycles. The third-order valence-corrected chi connectivity index (χ3v) is 28.9. The zero-order valence-corrected chi connectivity index (χ0v) is 55.5. The Morgan fingerprint density at radius 1 is 0.215 bits per heavy atom. The molecule has 0 aliphatic heterocycles. The lowest BCUT2D eigenvalue weighted by Crippen LogP contribution is -2.38. The van der Waals surface area contributed by atoms with Crippen molar-refractivity contribution in [3.05, 3.63) is 0 Å². The van der Waals surface area contributed by atoms with E-state index in [1.807, 2.05) is 0 Å². The number of hydrogen-bond acceptors (Lipinski definition) is 0. The highest BCUT2D eigenvalue weighted by Crippen LogP contribution is 2.55. The highest BCUT2D eigenvalue weighted by Gasteiger charge is 2.44. The number of rotatable bonds is 29. The van der Waals surface area contributed by atoms with E-state index >= 15 is 0 Å². The Morgan fingerprint density at radius 2 is 0.481 bits per heavy atom. The smallest absolute Gasteiger partial charge is 0.0352 e. The maximum Gasteiger partial charge on any atom is -0.0352 e. The van der Waals surface area contributed by atoms with Crippen molar-refractivity contribution in [3.8, 4) is 0 Å². The minimum absolute atomic E-state index is 0.995. The predicted molar refractivity (Wildman–Crippen MR) is 348 cm³/mol. The van der Waals surface area contributed by atoms with E-state index in [-0.39, 0.29) is 0 Å². The van der Waals surface area contributed by atoms with Crippen molar-refractivity contribution in [1.29, 1.82) is 0 Å². The average Bonchev–Trinajstić information content (AvgIpc) is 3.54. The van der Waals surface area contributed by atoms with Crippen LogP contribution in [-0.4, -0.2) is 0 Å². The summed E-state index contributed by atoms with van der Waals surface area (Å²) in [5, 5.41) is 0. The first kappa shape index (κ1) is 65.0. The first-order valence-corrected chi connectivity index (χ1v) is 38.7. The number of hydrogen-bond donors (Lipinski definition) is 0. The lowest BCUT2D eigenvalue weighted by molar-refractivity contribution is 0.0247. The molecular formula is C79H144. The van der Waals surface area contributed by atoms with Crippen LogP contribution in [0.15, 0.2) is 0 Å². The third kappa shape index (κ3) is 18.5. The van der Waals surface area contributed by atoms with Crippen molar-refractivity contribution in [2.24, 2.45) is 136 Å². The topological polar surface area (TPSA) is 0 Å². The minimum Gasteiger partial charge on any atom is -0.0654 e. The van der Waals surface area contributed by atoms with Crippen molar-refractivity contribution < 1.29 is 0 Å². The molecule has 0 radical (unpaired) electrons. The van der Waals surface area contributed by atoms with E-state index in [0.29, 0.717) is 0 Å². The third-order valence-electron chi connectivity index (χ3n) is 28.9. The van der Waals surface area contributed by atoms with Gasteiger partial charge in [0.2, 0.25) is 0 Å². The zero-order valence-electron chi connectivity index (χ0n) is 55.5. The summed E-state index contributed by atoms with van der Waals surface area (Å²) in [4.78, 5) is 0. The highest BCUT2D eigenvalue weighted by atomic mass is 14.5. The molecular weight excluding hydrogens is 949 g/mol. The van der Waals surface area contributed by atoms with Crippen molar-refractivity contribution in [3.63, 3.8) is 0 Å². The van der Waals surface area contributed by atoms with E-state index in [0.717, 1.165) is 136 Å². The van der Waals surface area contributed by atoms with Gasteiger partial charge in [-0.3, -0.25) is 0 Å². The quantitative estimate of drug-likeness (QED) is 0.0700. The van der Waals surface area contributed by atoms with Crippen LogP contribution in [0, 0.1) is 136 Å². The monoisotopic (exact) mass is 1090 g/mol. The summed E-state index contributed by atoms with van der Waals surface area (Å²) in [7, 11) is 0. The van der Waals surface area contributed by atoms with Crippen molar-refractivity contribution in [2.45, 2.75) is 364 Å². The van der Waals surface area contributed by atoms with E-state index in [1.54, 1.807) is 205 Å². The Hall–Kier alpha value is 0. The van der Waals surface area contributed by atoms with E-state index in [1.165, 1.54) is 96.3 Å². The van der Waals surface area contributed by atoms with Gasteiger partial charge in [-0.05, 0) is 271 Å². The first-order chi connectivity index (χ1) is 38.7. The normalized spacial score (nSPS) is 39.0. The van der Waals surface area contributed by atoms with Gasteiger partial charge < -0.3 is 0 Å². The molecule has 0 N–H and O–H groups in total. The van der Waals surface area contributed by atoms with Gasteiger partial charge in [0.05, 0.1) is 0 Å². The SMILES string of the molecule is CCCC(C1CCC(CC)CC1)C(CC1CCC(C(CC2CCC(CC)CC2)C(CCC(CC)C2CCC(CC)CC2)C2CCC(C(CC)C3CCC(CC)CC3)CC2)CC1)C1CCC(CC(CC)C2CCC(CC)CC2)CC1. The van der Waals surface area contributed by atoms with Crippen molar-refractivity contribution in [2.75, 3.05) is 0 Å². The van der Waals surface area contributed by atoms with Crippen LogP contribution in [0.5, 0.6) is 0 Å². The molecule has 0 bridgehead atoms. The Kier molecular flexibility index (Phi) is 28.3. The fourth-order valence-corrected chi connectivity index (χ4v) is 23.3. The molecule has 0 heterocycles. The molecule has 8 aliphatic rings. The molecule has 0 amide bonds. The molecule has 7 unspecified atom stereocenters. The van der Waals surface area contributed by atoms with Crippen LogP contribution < -0.4 is 0 Å². The second-order valence-corrected chi connectivity index (χ2v) is 32.4. The molecule has 8 saturated carbocycles. The van der Waals surface area contributed by atoms with Crippen LogP contribution >= 0.6 is 0 Å². The van der Waals surface area contributed by atoms with Crippen LogP contribution in [-0.2, 0) is 0 Å². The predicted octanol–water partition coefficient (Wildman–Crippen LogP) is 25.8. The van der Waals surface area contributed by atoms with Gasteiger partial charge in [-0.25, -0.2) is 0 Å². The van der Waals surface area contributed by atoms with Crippen molar-refractivity contribution in [1.82, 2.24) is 0 Å². The van der Waals surface area contributed by atoms with E-state index in [4.69, 9.17) is 0 Å². The standard InChI is InChI=1S/C79H144/c1-10-19-76(71-42-30-61(15-6)31-43-71)78(73-44-32-62(33-45-73)54-66(17-8)68-38-26-59(13-4)27-39-68)56-64-34-46-74(47-35-64)79(55-63-22-20-57(11-2)21-23-63)77(53-52-65(16-7)67-36-24-58(12-3)25-37-67)72-50-48-70(49-51-72)75(18-9)69-40-28-60(14-5)29-41-69/h57-79H,10-56H2,1-9H3. The zero-order chi connectivity index (χ0) is 55.5. The summed E-state index contributed by atoms with van der Waals surface area (Å²) in [5.41, 5.74) is 0. The second kappa shape index (κ2) is 34.4. The minimum atomic E-state index is 0.995. The summed E-state index contributed by atoms with van der Waals surface area (Å²) in [6.45, 7) is 22.8. The molecule has 8 aliphatic carbocycles. The van der Waals surface area contributed by atoms with E-state index in [9.17, 15) is 0 Å². The second-order valence-electron chi connectivity index (χ2n) is 32.4. The first-order valence-electron chi connectivity index (χ1n) is 38.7. The molecule has 0 aromatic rings. The van der Waals surface area contributed by atoms with Crippen LogP contribution in [0.3, 0.4) is 0 Å². The van der Waals surface area contributed by atoms with Gasteiger partial charge in [0.15, 0.2) is 0 Å². The van der Waals surface area contributed by atoms with Gasteiger partial charge >= 0.3 is 0 Å². The summed E-state index contributed by atoms with van der Waals surface area (Å²) in [5.74, 6) is 23.6. The molecule has 0 spiro atoms. The van der Waals surface area contributed by atoms with Gasteiger partial charge in [-0.1, -0.05) is 229 Å². The summed E-state index contributed by atoms with van der Waals surface area (Å²) < 4.78 is 0. The average molecular weight is 1090 g/mol. The lowest BCUT2D eigenvalue weighted by Gasteiger charge is -2.48.